The van der Waals surface area contributed by atoms with Crippen molar-refractivity contribution in [1.82, 2.24) is 0 Å². The first kappa shape index (κ1) is 10.1. The Morgan fingerprint density at radius 1 is 1.09 bits per heavy atom. The van der Waals surface area contributed by atoms with E-state index in [0.717, 1.165) is 16.9 Å². The summed E-state index contributed by atoms with van der Waals surface area (Å²) >= 11 is 0. The van der Waals surface area contributed by atoms with Gasteiger partial charge in [-0.1, -0.05) is 5.57 Å². The highest BCUT2D eigenvalue weighted by atomic mass is 16.1. The lowest BCUT2D eigenvalue weighted by atomic mass is 10.0. The molecule has 0 aliphatic carbocycles. The van der Waals surface area contributed by atoms with Gasteiger partial charge < -0.3 is 0 Å². The summed E-state index contributed by atoms with van der Waals surface area (Å²) in [4.78, 5) is 15.0. The normalized spacial score (nSPS) is 11.2. The number of hydrogen-bond acceptors (Lipinski definition) is 2. The van der Waals surface area contributed by atoms with Crippen LogP contribution < -0.4 is 0 Å². The topological polar surface area (TPSA) is 29.4 Å². The quantitative estimate of drug-likeness (QED) is 0.440. The maximum absolute atomic E-state index is 11.0. The molecule has 0 heterocycles. The summed E-state index contributed by atoms with van der Waals surface area (Å²) in [6.45, 7) is 7.26. The number of carbonyl (C=O) groups excluding carboxylic acids is 1. The van der Waals surface area contributed by atoms with Crippen molar-refractivity contribution >= 4 is 11.5 Å². The number of hydrogen-bond donors (Lipinski definition) is 0. The molecule has 62 valence electrons. The van der Waals surface area contributed by atoms with Crippen LogP contribution in [0.15, 0.2) is 16.1 Å². The van der Waals surface area contributed by atoms with E-state index in [-0.39, 0.29) is 5.78 Å². The fourth-order valence-corrected chi connectivity index (χ4v) is 1.08. The first-order chi connectivity index (χ1) is 5.00. The molecule has 0 spiro atoms. The van der Waals surface area contributed by atoms with Gasteiger partial charge in [0.2, 0.25) is 0 Å². The fourth-order valence-electron chi connectivity index (χ4n) is 1.08. The summed E-state index contributed by atoms with van der Waals surface area (Å²) in [6.07, 6.45) is 0. The zero-order valence-electron chi connectivity index (χ0n) is 7.86. The van der Waals surface area contributed by atoms with Gasteiger partial charge in [-0.2, -0.15) is 0 Å². The van der Waals surface area contributed by atoms with E-state index in [2.05, 4.69) is 4.99 Å². The average molecular weight is 153 g/mol. The van der Waals surface area contributed by atoms with Gasteiger partial charge in [-0.05, 0) is 27.7 Å². The fraction of sp³-hybridized carbons (Fsp3) is 0.556. The maximum Gasteiger partial charge on any atom is 0.161 e. The smallest absolute Gasteiger partial charge is 0.161 e. The molecular formula is C9H15NO. The lowest BCUT2D eigenvalue weighted by Crippen LogP contribution is -2.08. The lowest BCUT2D eigenvalue weighted by Gasteiger charge is -2.03. The van der Waals surface area contributed by atoms with E-state index < -0.39 is 0 Å². The van der Waals surface area contributed by atoms with Crippen molar-refractivity contribution in [2.75, 3.05) is 7.05 Å². The van der Waals surface area contributed by atoms with Gasteiger partial charge in [0, 0.05) is 18.3 Å². The van der Waals surface area contributed by atoms with Crippen LogP contribution in [-0.4, -0.2) is 18.5 Å². The Bertz CT molecular complexity index is 220. The van der Waals surface area contributed by atoms with E-state index in [1.807, 2.05) is 20.8 Å². The molecule has 0 rings (SSSR count). The summed E-state index contributed by atoms with van der Waals surface area (Å²) in [5, 5.41) is 0. The summed E-state index contributed by atoms with van der Waals surface area (Å²) in [6, 6.07) is 0. The minimum Gasteiger partial charge on any atom is -0.294 e. The SMILES string of the molecule is CN=C(C)C(C(C)=O)=C(C)C. The Labute approximate surface area is 68.0 Å². The van der Waals surface area contributed by atoms with E-state index in [9.17, 15) is 4.79 Å². The van der Waals surface area contributed by atoms with Crippen molar-refractivity contribution < 1.29 is 4.79 Å². The Morgan fingerprint density at radius 3 is 1.64 bits per heavy atom. The Morgan fingerprint density at radius 2 is 1.55 bits per heavy atom. The number of ketones is 1. The zero-order valence-corrected chi connectivity index (χ0v) is 7.86. The Balaban J connectivity index is 4.95. The second-order valence-electron chi connectivity index (χ2n) is 2.74. The van der Waals surface area contributed by atoms with E-state index in [1.54, 1.807) is 14.0 Å². The van der Waals surface area contributed by atoms with Crippen LogP contribution in [0, 0.1) is 0 Å². The molecule has 0 aromatic heterocycles. The van der Waals surface area contributed by atoms with Gasteiger partial charge in [-0.25, -0.2) is 0 Å². The summed E-state index contributed by atoms with van der Waals surface area (Å²) < 4.78 is 0. The Hall–Kier alpha value is -0.920. The van der Waals surface area contributed by atoms with Gasteiger partial charge in [0.15, 0.2) is 5.78 Å². The minimum atomic E-state index is 0.0908. The second-order valence-corrected chi connectivity index (χ2v) is 2.74. The molecule has 0 radical (unpaired) electrons. The van der Waals surface area contributed by atoms with Crippen LogP contribution in [0.1, 0.15) is 27.7 Å². The van der Waals surface area contributed by atoms with Crippen LogP contribution in [0.3, 0.4) is 0 Å². The van der Waals surface area contributed by atoms with Crippen molar-refractivity contribution in [3.63, 3.8) is 0 Å². The van der Waals surface area contributed by atoms with Gasteiger partial charge in [0.25, 0.3) is 0 Å². The van der Waals surface area contributed by atoms with Gasteiger partial charge in [0.1, 0.15) is 0 Å². The van der Waals surface area contributed by atoms with Crippen molar-refractivity contribution in [3.05, 3.63) is 11.1 Å². The summed E-state index contributed by atoms with van der Waals surface area (Å²) in [5.74, 6) is 0.0908. The third-order valence-electron chi connectivity index (χ3n) is 1.55. The van der Waals surface area contributed by atoms with Crippen LogP contribution >= 0.6 is 0 Å². The largest absolute Gasteiger partial charge is 0.294 e. The molecule has 0 saturated heterocycles. The number of allylic oxidation sites excluding steroid dienone is 2. The van der Waals surface area contributed by atoms with Crippen molar-refractivity contribution in [2.24, 2.45) is 4.99 Å². The highest BCUT2D eigenvalue weighted by Crippen LogP contribution is 2.06. The summed E-state index contributed by atoms with van der Waals surface area (Å²) in [5.41, 5.74) is 2.60. The van der Waals surface area contributed by atoms with Crippen molar-refractivity contribution in [3.8, 4) is 0 Å². The highest BCUT2D eigenvalue weighted by molar-refractivity contribution is 6.21. The molecule has 2 heteroatoms. The molecule has 11 heavy (non-hydrogen) atoms. The molecule has 2 nitrogen and oxygen atoms in total. The molecule has 0 N–H and O–H groups in total. The van der Waals surface area contributed by atoms with E-state index in [1.165, 1.54) is 0 Å². The van der Waals surface area contributed by atoms with Gasteiger partial charge in [-0.15, -0.1) is 0 Å². The molecule has 0 bridgehead atoms. The monoisotopic (exact) mass is 153 g/mol. The van der Waals surface area contributed by atoms with Crippen LogP contribution in [0.2, 0.25) is 0 Å². The number of nitrogens with zero attached hydrogens (tertiary/aromatic N) is 1. The van der Waals surface area contributed by atoms with Crippen molar-refractivity contribution in [1.29, 1.82) is 0 Å². The van der Waals surface area contributed by atoms with Gasteiger partial charge in [-0.3, -0.25) is 9.79 Å². The predicted molar refractivity (Wildman–Crippen MR) is 48.1 cm³/mol. The molecule has 0 fully saturated rings. The molecule has 0 aliphatic heterocycles. The van der Waals surface area contributed by atoms with Gasteiger partial charge in [0.05, 0.1) is 0 Å². The minimum absolute atomic E-state index is 0.0908. The third kappa shape index (κ3) is 2.66. The van der Waals surface area contributed by atoms with Crippen LogP contribution in [0.4, 0.5) is 0 Å². The number of aliphatic imine (C=N–C) groups is 1. The standard InChI is InChI=1S/C9H15NO/c1-6(2)9(8(4)11)7(3)10-5/h1-5H3. The zero-order chi connectivity index (χ0) is 9.02. The molecule has 0 amide bonds. The van der Waals surface area contributed by atoms with Crippen LogP contribution in [-0.2, 0) is 4.79 Å². The molecule has 0 aromatic carbocycles. The molecule has 0 saturated carbocycles. The van der Waals surface area contributed by atoms with E-state index >= 15 is 0 Å². The first-order valence-corrected chi connectivity index (χ1v) is 3.62. The third-order valence-corrected chi connectivity index (χ3v) is 1.55. The van der Waals surface area contributed by atoms with Crippen LogP contribution in [0.5, 0.6) is 0 Å². The molecule has 0 aliphatic rings. The predicted octanol–water partition coefficient (Wildman–Crippen LogP) is 2.00. The van der Waals surface area contributed by atoms with Crippen LogP contribution in [0.25, 0.3) is 0 Å². The molecular weight excluding hydrogens is 138 g/mol. The number of rotatable bonds is 2. The second kappa shape index (κ2) is 4.06. The average Bonchev–Trinajstić information content (AvgIpc) is 1.85. The highest BCUT2D eigenvalue weighted by Gasteiger charge is 2.07. The first-order valence-electron chi connectivity index (χ1n) is 3.62. The Kier molecular flexibility index (Phi) is 3.72. The maximum atomic E-state index is 11.0. The molecule has 0 aromatic rings. The van der Waals surface area contributed by atoms with Crippen molar-refractivity contribution in [2.45, 2.75) is 27.7 Å². The van der Waals surface area contributed by atoms with Gasteiger partial charge >= 0.3 is 0 Å². The molecule has 0 atom stereocenters. The number of Topliss-reactive ketones (excluding diaryl/α,β-unsaturated/α-hetero) is 1. The van der Waals surface area contributed by atoms with E-state index in [4.69, 9.17) is 0 Å². The summed E-state index contributed by atoms with van der Waals surface area (Å²) in [7, 11) is 1.70. The van der Waals surface area contributed by atoms with E-state index in [0.29, 0.717) is 0 Å². The number of carbonyl (C=O) groups is 1. The molecule has 0 unspecified atom stereocenters. The lowest BCUT2D eigenvalue weighted by molar-refractivity contribution is -0.113.